The Morgan fingerprint density at radius 3 is 2.27 bits per heavy atom. The summed E-state index contributed by atoms with van der Waals surface area (Å²) in [4.78, 5) is 26.0. The number of likely N-dealkylation sites (N-methyl/N-ethyl adjacent to an activating group) is 1. The second kappa shape index (κ2) is 10.4. The van der Waals surface area contributed by atoms with Crippen molar-refractivity contribution >= 4 is 11.9 Å². The number of primary amides is 1. The summed E-state index contributed by atoms with van der Waals surface area (Å²) in [6, 6.07) is 8.87. The number of esters is 1. The second-order valence-electron chi connectivity index (χ2n) is 6.05. The summed E-state index contributed by atoms with van der Waals surface area (Å²) in [6.07, 6.45) is 1.78. The smallest absolute Gasteiger partial charge is 0.340 e. The highest BCUT2D eigenvalue weighted by Crippen LogP contribution is 2.17. The van der Waals surface area contributed by atoms with Gasteiger partial charge in [0.05, 0.1) is 5.57 Å². The Labute approximate surface area is 155 Å². The van der Waals surface area contributed by atoms with Crippen LogP contribution in [-0.4, -0.2) is 43.2 Å². The molecule has 0 aliphatic heterocycles. The van der Waals surface area contributed by atoms with Crippen molar-refractivity contribution in [2.24, 2.45) is 5.73 Å². The van der Waals surface area contributed by atoms with Crippen molar-refractivity contribution in [2.45, 2.75) is 39.0 Å². The highest BCUT2D eigenvalue weighted by atomic mass is 16.7. The number of rotatable bonds is 10. The molecule has 1 aromatic carbocycles. The van der Waals surface area contributed by atoms with Crippen molar-refractivity contribution in [3.8, 4) is 5.75 Å². The van der Waals surface area contributed by atoms with Gasteiger partial charge in [0.1, 0.15) is 5.75 Å². The van der Waals surface area contributed by atoms with Gasteiger partial charge >= 0.3 is 5.97 Å². The lowest BCUT2D eigenvalue weighted by atomic mass is 10.0. The van der Waals surface area contributed by atoms with Gasteiger partial charge in [0, 0.05) is 18.0 Å². The van der Waals surface area contributed by atoms with E-state index in [2.05, 4.69) is 6.58 Å². The zero-order valence-corrected chi connectivity index (χ0v) is 15.9. The Hall–Kier alpha value is -2.60. The molecule has 6 heteroatoms. The SMILES string of the molecule is C=C(/C=C(\C(N)=O)C(CC)N(C)C)C(=O)OC(CC)Oc1ccccc1. The summed E-state index contributed by atoms with van der Waals surface area (Å²) in [7, 11) is 3.68. The van der Waals surface area contributed by atoms with E-state index in [0.29, 0.717) is 24.2 Å². The molecule has 1 amide bonds. The van der Waals surface area contributed by atoms with Crippen molar-refractivity contribution in [3.05, 3.63) is 54.1 Å². The zero-order chi connectivity index (χ0) is 19.7. The summed E-state index contributed by atoms with van der Waals surface area (Å²) in [5, 5.41) is 0. The minimum Gasteiger partial charge on any atom is -0.455 e. The van der Waals surface area contributed by atoms with Crippen molar-refractivity contribution in [3.63, 3.8) is 0 Å². The maximum Gasteiger partial charge on any atom is 0.340 e. The first-order valence-corrected chi connectivity index (χ1v) is 8.59. The number of nitrogens with two attached hydrogens (primary N) is 1. The van der Waals surface area contributed by atoms with Crippen LogP contribution in [0, 0.1) is 0 Å². The standard InChI is InChI=1S/C20H28N2O4/c1-6-17(22(4)5)16(19(21)23)13-14(3)20(24)26-18(7-2)25-15-11-9-8-10-12-15/h8-13,17-18H,3,6-7H2,1-2,4-5H3,(H2,21,23)/b16-13-. The fourth-order valence-electron chi connectivity index (χ4n) is 2.48. The third-order valence-corrected chi connectivity index (χ3v) is 3.83. The molecule has 0 aliphatic carbocycles. The van der Waals surface area contributed by atoms with Crippen LogP contribution in [0.2, 0.25) is 0 Å². The van der Waals surface area contributed by atoms with Gasteiger partial charge in [-0.05, 0) is 38.7 Å². The van der Waals surface area contributed by atoms with E-state index < -0.39 is 18.2 Å². The Morgan fingerprint density at radius 1 is 1.19 bits per heavy atom. The summed E-state index contributed by atoms with van der Waals surface area (Å²) in [5.41, 5.74) is 5.84. The molecule has 0 radical (unpaired) electrons. The van der Waals surface area contributed by atoms with Crippen LogP contribution >= 0.6 is 0 Å². The predicted octanol–water partition coefficient (Wildman–Crippen LogP) is 2.65. The maximum absolute atomic E-state index is 12.3. The minimum atomic E-state index is -0.747. The molecule has 2 unspecified atom stereocenters. The number of carbonyl (C=O) groups excluding carboxylic acids is 2. The van der Waals surface area contributed by atoms with Gasteiger partial charge < -0.3 is 20.1 Å². The Kier molecular flexibility index (Phi) is 8.58. The Morgan fingerprint density at radius 2 is 1.81 bits per heavy atom. The number of hydrogen-bond donors (Lipinski definition) is 1. The maximum atomic E-state index is 12.3. The van der Waals surface area contributed by atoms with Crippen molar-refractivity contribution < 1.29 is 19.1 Å². The van der Waals surface area contributed by atoms with E-state index in [9.17, 15) is 9.59 Å². The summed E-state index contributed by atoms with van der Waals surface area (Å²) >= 11 is 0. The molecule has 0 aliphatic rings. The zero-order valence-electron chi connectivity index (χ0n) is 15.9. The monoisotopic (exact) mass is 360 g/mol. The lowest BCUT2D eigenvalue weighted by Gasteiger charge is -2.24. The van der Waals surface area contributed by atoms with Crippen LogP contribution in [0.4, 0.5) is 0 Å². The van der Waals surface area contributed by atoms with E-state index in [1.54, 1.807) is 12.1 Å². The molecule has 0 saturated heterocycles. The number of para-hydroxylation sites is 1. The van der Waals surface area contributed by atoms with Gasteiger partial charge in [-0.2, -0.15) is 0 Å². The van der Waals surface area contributed by atoms with Crippen LogP contribution in [-0.2, 0) is 14.3 Å². The van der Waals surface area contributed by atoms with Gasteiger partial charge in [-0.1, -0.05) is 38.6 Å². The van der Waals surface area contributed by atoms with Gasteiger partial charge in [-0.3, -0.25) is 4.79 Å². The van der Waals surface area contributed by atoms with E-state index in [1.807, 2.05) is 51.0 Å². The van der Waals surface area contributed by atoms with Crippen LogP contribution < -0.4 is 10.5 Å². The summed E-state index contributed by atoms with van der Waals surface area (Å²) in [5.74, 6) is -0.642. The third kappa shape index (κ3) is 6.37. The van der Waals surface area contributed by atoms with Gasteiger partial charge in [0.15, 0.2) is 0 Å². The predicted molar refractivity (Wildman–Crippen MR) is 101 cm³/mol. The molecule has 0 aromatic heterocycles. The van der Waals surface area contributed by atoms with E-state index in [-0.39, 0.29) is 11.6 Å². The van der Waals surface area contributed by atoms with E-state index in [0.717, 1.165) is 0 Å². The van der Waals surface area contributed by atoms with Gasteiger partial charge in [-0.15, -0.1) is 0 Å². The molecule has 142 valence electrons. The van der Waals surface area contributed by atoms with E-state index in [4.69, 9.17) is 15.2 Å². The average molecular weight is 360 g/mol. The molecular weight excluding hydrogens is 332 g/mol. The largest absolute Gasteiger partial charge is 0.455 e. The first-order valence-electron chi connectivity index (χ1n) is 8.59. The first kappa shape index (κ1) is 21.4. The summed E-state index contributed by atoms with van der Waals surface area (Å²) in [6.45, 7) is 7.49. The molecule has 6 nitrogen and oxygen atoms in total. The number of benzene rings is 1. The topological polar surface area (TPSA) is 81.9 Å². The molecule has 0 saturated carbocycles. The number of nitrogens with zero attached hydrogens (tertiary/aromatic N) is 1. The first-order chi connectivity index (χ1) is 12.3. The fourth-order valence-corrected chi connectivity index (χ4v) is 2.48. The lowest BCUT2D eigenvalue weighted by molar-refractivity contribution is -0.158. The molecule has 0 heterocycles. The molecule has 0 spiro atoms. The second-order valence-corrected chi connectivity index (χ2v) is 6.05. The number of hydrogen-bond acceptors (Lipinski definition) is 5. The summed E-state index contributed by atoms with van der Waals surface area (Å²) < 4.78 is 11.0. The molecule has 1 rings (SSSR count). The van der Waals surface area contributed by atoms with Gasteiger partial charge in [0.25, 0.3) is 0 Å². The van der Waals surface area contributed by atoms with Crippen LogP contribution in [0.3, 0.4) is 0 Å². The minimum absolute atomic E-state index is 0.0502. The number of carbonyl (C=O) groups is 2. The van der Waals surface area contributed by atoms with E-state index in [1.165, 1.54) is 6.08 Å². The highest BCUT2D eigenvalue weighted by molar-refractivity contribution is 5.98. The highest BCUT2D eigenvalue weighted by Gasteiger charge is 2.22. The molecular formula is C20H28N2O4. The quantitative estimate of drug-likeness (QED) is 0.300. The van der Waals surface area contributed by atoms with Crippen molar-refractivity contribution in [2.75, 3.05) is 14.1 Å². The van der Waals surface area contributed by atoms with Gasteiger partial charge in [-0.25, -0.2) is 4.79 Å². The van der Waals surface area contributed by atoms with Crippen LogP contribution in [0.1, 0.15) is 26.7 Å². The molecule has 1 aromatic rings. The fraction of sp³-hybridized carbons (Fsp3) is 0.400. The third-order valence-electron chi connectivity index (χ3n) is 3.83. The molecule has 26 heavy (non-hydrogen) atoms. The Balaban J connectivity index is 2.86. The molecule has 0 fully saturated rings. The average Bonchev–Trinajstić information content (AvgIpc) is 2.61. The number of ether oxygens (including phenoxy) is 2. The van der Waals surface area contributed by atoms with Crippen molar-refractivity contribution in [1.82, 2.24) is 4.90 Å². The van der Waals surface area contributed by atoms with Gasteiger partial charge in [0.2, 0.25) is 12.2 Å². The van der Waals surface area contributed by atoms with E-state index >= 15 is 0 Å². The van der Waals surface area contributed by atoms with Crippen LogP contribution in [0.25, 0.3) is 0 Å². The van der Waals surface area contributed by atoms with Crippen LogP contribution in [0.15, 0.2) is 54.1 Å². The molecule has 2 atom stereocenters. The normalized spacial score (nSPS) is 13.8. The van der Waals surface area contributed by atoms with Crippen molar-refractivity contribution in [1.29, 1.82) is 0 Å². The van der Waals surface area contributed by atoms with Crippen LogP contribution in [0.5, 0.6) is 5.75 Å². The Bertz CT molecular complexity index is 653. The lowest BCUT2D eigenvalue weighted by Crippen LogP contribution is -2.35. The molecule has 2 N–H and O–H groups in total. The molecule has 0 bridgehead atoms. The number of amides is 1.